The second kappa shape index (κ2) is 5.66. The van der Waals surface area contributed by atoms with Gasteiger partial charge >= 0.3 is 0 Å². The molecule has 0 unspecified atom stereocenters. The Bertz CT molecular complexity index is 774. The molecule has 0 radical (unpaired) electrons. The standard InChI is InChI=1S/C16H13ClFN3/c1-21(10-11-6-8-12(18)9-7-11)15-13-4-2-3-5-14(13)19-16(17)20-15/h2-9H,10H2,1H3. The van der Waals surface area contributed by atoms with Gasteiger partial charge in [0.2, 0.25) is 5.28 Å². The zero-order valence-electron chi connectivity index (χ0n) is 11.4. The highest BCUT2D eigenvalue weighted by atomic mass is 35.5. The van der Waals surface area contributed by atoms with Gasteiger partial charge in [0, 0.05) is 19.0 Å². The van der Waals surface area contributed by atoms with Gasteiger partial charge in [-0.15, -0.1) is 0 Å². The number of fused-ring (bicyclic) bond motifs is 1. The van der Waals surface area contributed by atoms with Gasteiger partial charge in [-0.1, -0.05) is 24.3 Å². The third kappa shape index (κ3) is 2.95. The van der Waals surface area contributed by atoms with Crippen molar-refractivity contribution in [2.24, 2.45) is 0 Å². The average Bonchev–Trinajstić information content (AvgIpc) is 2.48. The predicted octanol–water partition coefficient (Wildman–Crippen LogP) is 4.06. The molecule has 0 aliphatic rings. The van der Waals surface area contributed by atoms with Crippen LogP contribution in [0.25, 0.3) is 10.9 Å². The summed E-state index contributed by atoms with van der Waals surface area (Å²) < 4.78 is 13.0. The number of nitrogens with zero attached hydrogens (tertiary/aromatic N) is 3. The van der Waals surface area contributed by atoms with Crippen molar-refractivity contribution in [1.29, 1.82) is 0 Å². The van der Waals surface area contributed by atoms with Crippen molar-refractivity contribution < 1.29 is 4.39 Å². The number of aromatic nitrogens is 2. The SMILES string of the molecule is CN(Cc1ccc(F)cc1)c1nc(Cl)nc2ccccc12. The van der Waals surface area contributed by atoms with E-state index in [0.29, 0.717) is 6.54 Å². The third-order valence-electron chi connectivity index (χ3n) is 3.25. The van der Waals surface area contributed by atoms with Crippen LogP contribution >= 0.6 is 11.6 Å². The zero-order chi connectivity index (χ0) is 14.8. The predicted molar refractivity (Wildman–Crippen MR) is 83.1 cm³/mol. The Labute approximate surface area is 127 Å². The van der Waals surface area contributed by atoms with Crippen molar-refractivity contribution in [2.45, 2.75) is 6.54 Å². The maximum atomic E-state index is 13.0. The number of benzene rings is 2. The number of para-hydroxylation sites is 1. The Balaban J connectivity index is 1.97. The first-order valence-corrected chi connectivity index (χ1v) is 6.89. The van der Waals surface area contributed by atoms with Gasteiger partial charge in [-0.05, 0) is 41.4 Å². The lowest BCUT2D eigenvalue weighted by Crippen LogP contribution is -2.18. The van der Waals surface area contributed by atoms with Crippen LogP contribution in [0.15, 0.2) is 48.5 Å². The van der Waals surface area contributed by atoms with Crippen molar-refractivity contribution in [1.82, 2.24) is 9.97 Å². The largest absolute Gasteiger partial charge is 0.355 e. The first-order valence-electron chi connectivity index (χ1n) is 6.51. The van der Waals surface area contributed by atoms with E-state index in [0.717, 1.165) is 22.3 Å². The number of anilines is 1. The van der Waals surface area contributed by atoms with E-state index in [1.165, 1.54) is 12.1 Å². The Kier molecular flexibility index (Phi) is 3.71. The minimum atomic E-state index is -0.239. The van der Waals surface area contributed by atoms with Gasteiger partial charge in [-0.2, -0.15) is 4.98 Å². The van der Waals surface area contributed by atoms with E-state index in [9.17, 15) is 4.39 Å². The van der Waals surface area contributed by atoms with Gasteiger partial charge in [0.05, 0.1) is 5.52 Å². The fourth-order valence-corrected chi connectivity index (χ4v) is 2.43. The molecule has 0 saturated heterocycles. The maximum Gasteiger partial charge on any atom is 0.224 e. The Morgan fingerprint density at radius 3 is 2.52 bits per heavy atom. The highest BCUT2D eigenvalue weighted by molar-refractivity contribution is 6.28. The van der Waals surface area contributed by atoms with Gasteiger partial charge in [-0.3, -0.25) is 0 Å². The molecule has 0 aliphatic heterocycles. The fourth-order valence-electron chi connectivity index (χ4n) is 2.26. The van der Waals surface area contributed by atoms with Crippen LogP contribution in [0.4, 0.5) is 10.2 Å². The van der Waals surface area contributed by atoms with Gasteiger partial charge in [0.25, 0.3) is 0 Å². The summed E-state index contributed by atoms with van der Waals surface area (Å²) in [4.78, 5) is 10.5. The molecule has 1 heterocycles. The second-order valence-corrected chi connectivity index (χ2v) is 5.15. The number of hydrogen-bond donors (Lipinski definition) is 0. The van der Waals surface area contributed by atoms with Crippen molar-refractivity contribution in [2.75, 3.05) is 11.9 Å². The van der Waals surface area contributed by atoms with Gasteiger partial charge in [-0.25, -0.2) is 9.37 Å². The summed E-state index contributed by atoms with van der Waals surface area (Å²) in [6.07, 6.45) is 0. The molecule has 0 spiro atoms. The molecular weight excluding hydrogens is 289 g/mol. The van der Waals surface area contributed by atoms with Crippen LogP contribution < -0.4 is 4.90 Å². The van der Waals surface area contributed by atoms with E-state index in [1.54, 1.807) is 12.1 Å². The lowest BCUT2D eigenvalue weighted by atomic mass is 10.2. The Morgan fingerprint density at radius 2 is 1.76 bits per heavy atom. The highest BCUT2D eigenvalue weighted by Crippen LogP contribution is 2.25. The molecular formula is C16H13ClFN3. The van der Waals surface area contributed by atoms with E-state index in [-0.39, 0.29) is 11.1 Å². The summed E-state index contributed by atoms with van der Waals surface area (Å²) in [5.74, 6) is 0.520. The summed E-state index contributed by atoms with van der Waals surface area (Å²) in [5, 5.41) is 1.15. The van der Waals surface area contributed by atoms with Crippen molar-refractivity contribution in [3.05, 3.63) is 65.2 Å². The van der Waals surface area contributed by atoms with Crippen molar-refractivity contribution in [3.8, 4) is 0 Å². The fraction of sp³-hybridized carbons (Fsp3) is 0.125. The molecule has 0 amide bonds. The molecule has 2 aromatic carbocycles. The minimum absolute atomic E-state index is 0.217. The van der Waals surface area contributed by atoms with Crippen LogP contribution in [-0.2, 0) is 6.54 Å². The van der Waals surface area contributed by atoms with Crippen molar-refractivity contribution >= 4 is 28.3 Å². The van der Waals surface area contributed by atoms with Crippen LogP contribution in [0, 0.1) is 5.82 Å². The Hall–Kier alpha value is -2.20. The molecule has 0 fully saturated rings. The molecule has 3 nitrogen and oxygen atoms in total. The molecule has 0 bridgehead atoms. The van der Waals surface area contributed by atoms with Crippen LogP contribution in [-0.4, -0.2) is 17.0 Å². The number of hydrogen-bond acceptors (Lipinski definition) is 3. The van der Waals surface area contributed by atoms with Crippen LogP contribution in [0.1, 0.15) is 5.56 Å². The lowest BCUT2D eigenvalue weighted by Gasteiger charge is -2.20. The first-order chi connectivity index (χ1) is 10.1. The van der Waals surface area contributed by atoms with Gasteiger partial charge in [0.1, 0.15) is 11.6 Å². The monoisotopic (exact) mass is 301 g/mol. The molecule has 3 aromatic rings. The summed E-state index contributed by atoms with van der Waals surface area (Å²) in [5.41, 5.74) is 1.80. The zero-order valence-corrected chi connectivity index (χ0v) is 12.2. The van der Waals surface area contributed by atoms with E-state index < -0.39 is 0 Å². The molecule has 0 aliphatic carbocycles. The summed E-state index contributed by atoms with van der Waals surface area (Å²) in [6, 6.07) is 14.1. The molecule has 3 rings (SSSR count). The van der Waals surface area contributed by atoms with E-state index >= 15 is 0 Å². The molecule has 1 aromatic heterocycles. The van der Waals surface area contributed by atoms with Gasteiger partial charge < -0.3 is 4.90 Å². The third-order valence-corrected chi connectivity index (χ3v) is 3.42. The van der Waals surface area contributed by atoms with Crippen molar-refractivity contribution in [3.63, 3.8) is 0 Å². The van der Waals surface area contributed by atoms with E-state index in [4.69, 9.17) is 11.6 Å². The van der Waals surface area contributed by atoms with Crippen LogP contribution in [0.5, 0.6) is 0 Å². The molecule has 5 heteroatoms. The average molecular weight is 302 g/mol. The van der Waals surface area contributed by atoms with E-state index in [2.05, 4.69) is 9.97 Å². The minimum Gasteiger partial charge on any atom is -0.355 e. The first kappa shape index (κ1) is 13.8. The highest BCUT2D eigenvalue weighted by Gasteiger charge is 2.11. The number of halogens is 2. The molecule has 0 atom stereocenters. The molecule has 0 N–H and O–H groups in total. The molecule has 0 saturated carbocycles. The lowest BCUT2D eigenvalue weighted by molar-refractivity contribution is 0.627. The number of rotatable bonds is 3. The smallest absolute Gasteiger partial charge is 0.224 e. The topological polar surface area (TPSA) is 29.0 Å². The summed E-state index contributed by atoms with van der Waals surface area (Å²) in [6.45, 7) is 0.609. The van der Waals surface area contributed by atoms with Gasteiger partial charge in [0.15, 0.2) is 0 Å². The Morgan fingerprint density at radius 1 is 1.05 bits per heavy atom. The molecule has 21 heavy (non-hydrogen) atoms. The van der Waals surface area contributed by atoms with Crippen LogP contribution in [0.2, 0.25) is 5.28 Å². The quantitative estimate of drug-likeness (QED) is 0.683. The molecule has 106 valence electrons. The maximum absolute atomic E-state index is 13.0. The second-order valence-electron chi connectivity index (χ2n) is 4.82. The summed E-state index contributed by atoms with van der Waals surface area (Å²) in [7, 11) is 1.93. The van der Waals surface area contributed by atoms with Crippen LogP contribution in [0.3, 0.4) is 0 Å². The summed E-state index contributed by atoms with van der Waals surface area (Å²) >= 11 is 5.99. The normalized spacial score (nSPS) is 10.8. The van der Waals surface area contributed by atoms with E-state index in [1.807, 2.05) is 36.2 Å².